The molecule has 1 aliphatic rings. The standard InChI is InChI=1S/C14H20N2OS/c1-16(10-13-6-3-7-17-13)9-11-4-2-5-12(8-11)14(15)18/h2,4-5,8,13H,3,6-7,9-10H2,1H3,(H2,15,18). The first kappa shape index (κ1) is 13.5. The quantitative estimate of drug-likeness (QED) is 0.825. The molecule has 2 N–H and O–H groups in total. The van der Waals surface area contributed by atoms with Crippen molar-refractivity contribution in [2.75, 3.05) is 20.2 Å². The average molecular weight is 264 g/mol. The lowest BCUT2D eigenvalue weighted by Gasteiger charge is -2.20. The van der Waals surface area contributed by atoms with Gasteiger partial charge in [-0.15, -0.1) is 0 Å². The van der Waals surface area contributed by atoms with Crippen molar-refractivity contribution in [1.82, 2.24) is 4.90 Å². The van der Waals surface area contributed by atoms with Crippen LogP contribution in [0.3, 0.4) is 0 Å². The molecule has 1 aromatic rings. The second-order valence-electron chi connectivity index (χ2n) is 4.90. The Balaban J connectivity index is 1.91. The smallest absolute Gasteiger partial charge is 0.103 e. The first-order valence-electron chi connectivity index (χ1n) is 6.34. The molecule has 1 unspecified atom stereocenters. The number of thiocarbonyl (C=S) groups is 1. The summed E-state index contributed by atoms with van der Waals surface area (Å²) < 4.78 is 5.64. The van der Waals surface area contributed by atoms with E-state index >= 15 is 0 Å². The van der Waals surface area contributed by atoms with Gasteiger partial charge in [-0.05, 0) is 31.5 Å². The summed E-state index contributed by atoms with van der Waals surface area (Å²) in [5.41, 5.74) is 7.82. The van der Waals surface area contributed by atoms with Gasteiger partial charge in [-0.2, -0.15) is 0 Å². The van der Waals surface area contributed by atoms with Crippen LogP contribution in [0.4, 0.5) is 0 Å². The van der Waals surface area contributed by atoms with Gasteiger partial charge >= 0.3 is 0 Å². The van der Waals surface area contributed by atoms with Gasteiger partial charge in [-0.3, -0.25) is 4.90 Å². The number of likely N-dealkylation sites (N-methyl/N-ethyl adjacent to an activating group) is 1. The fourth-order valence-electron chi connectivity index (χ4n) is 2.34. The molecule has 1 atom stereocenters. The molecule has 0 spiro atoms. The number of ether oxygens (including phenoxy) is 1. The molecule has 98 valence electrons. The number of benzene rings is 1. The number of nitrogens with zero attached hydrogens (tertiary/aromatic N) is 1. The van der Waals surface area contributed by atoms with E-state index in [2.05, 4.69) is 24.1 Å². The Labute approximate surface area is 114 Å². The van der Waals surface area contributed by atoms with E-state index < -0.39 is 0 Å². The molecule has 0 amide bonds. The summed E-state index contributed by atoms with van der Waals surface area (Å²) in [5, 5.41) is 0. The first-order chi connectivity index (χ1) is 8.65. The molecule has 0 saturated carbocycles. The number of rotatable bonds is 5. The maximum atomic E-state index is 5.64. The molecule has 0 aliphatic carbocycles. The zero-order valence-electron chi connectivity index (χ0n) is 10.8. The van der Waals surface area contributed by atoms with Crippen LogP contribution >= 0.6 is 12.2 Å². The number of hydrogen-bond donors (Lipinski definition) is 1. The minimum absolute atomic E-state index is 0.397. The largest absolute Gasteiger partial charge is 0.389 e. The lowest BCUT2D eigenvalue weighted by Crippen LogP contribution is -2.28. The molecule has 1 saturated heterocycles. The van der Waals surface area contributed by atoms with Gasteiger partial charge in [0.25, 0.3) is 0 Å². The first-order valence-corrected chi connectivity index (χ1v) is 6.75. The Bertz CT molecular complexity index is 416. The van der Waals surface area contributed by atoms with E-state index in [0.717, 1.165) is 25.3 Å². The maximum Gasteiger partial charge on any atom is 0.103 e. The molecule has 4 heteroatoms. The Kier molecular flexibility index (Phi) is 4.69. The number of hydrogen-bond acceptors (Lipinski definition) is 3. The van der Waals surface area contributed by atoms with Crippen molar-refractivity contribution >= 4 is 17.2 Å². The van der Waals surface area contributed by atoms with Gasteiger partial charge in [0.2, 0.25) is 0 Å². The predicted octanol–water partition coefficient (Wildman–Crippen LogP) is 1.93. The van der Waals surface area contributed by atoms with Crippen molar-refractivity contribution < 1.29 is 4.74 Å². The molecule has 1 fully saturated rings. The van der Waals surface area contributed by atoms with Crippen molar-refractivity contribution in [1.29, 1.82) is 0 Å². The minimum atomic E-state index is 0.397. The zero-order valence-corrected chi connectivity index (χ0v) is 11.6. The lowest BCUT2D eigenvalue weighted by atomic mass is 10.1. The van der Waals surface area contributed by atoms with E-state index in [1.165, 1.54) is 18.4 Å². The van der Waals surface area contributed by atoms with Crippen LogP contribution in [0, 0.1) is 0 Å². The summed E-state index contributed by atoms with van der Waals surface area (Å²) >= 11 is 5.00. The number of nitrogens with two attached hydrogens (primary N) is 1. The van der Waals surface area contributed by atoms with Crippen LogP contribution in [0.2, 0.25) is 0 Å². The minimum Gasteiger partial charge on any atom is -0.389 e. The van der Waals surface area contributed by atoms with Crippen molar-refractivity contribution in [3.63, 3.8) is 0 Å². The topological polar surface area (TPSA) is 38.5 Å². The van der Waals surface area contributed by atoms with Crippen LogP contribution in [0.15, 0.2) is 24.3 Å². The zero-order chi connectivity index (χ0) is 13.0. The Morgan fingerprint density at radius 1 is 1.56 bits per heavy atom. The van der Waals surface area contributed by atoms with Gasteiger partial charge < -0.3 is 10.5 Å². The van der Waals surface area contributed by atoms with Gasteiger partial charge in [-0.1, -0.05) is 30.4 Å². The molecule has 2 rings (SSSR count). The van der Waals surface area contributed by atoms with Gasteiger partial charge in [0.15, 0.2) is 0 Å². The predicted molar refractivity (Wildman–Crippen MR) is 77.6 cm³/mol. The van der Waals surface area contributed by atoms with Gasteiger partial charge in [0.05, 0.1) is 6.10 Å². The fourth-order valence-corrected chi connectivity index (χ4v) is 2.46. The highest BCUT2D eigenvalue weighted by Crippen LogP contribution is 2.14. The van der Waals surface area contributed by atoms with Crippen LogP contribution in [-0.4, -0.2) is 36.2 Å². The molecule has 3 nitrogen and oxygen atoms in total. The highest BCUT2D eigenvalue weighted by Gasteiger charge is 2.17. The van der Waals surface area contributed by atoms with Crippen LogP contribution in [-0.2, 0) is 11.3 Å². The second kappa shape index (κ2) is 6.27. The average Bonchev–Trinajstić information content (AvgIpc) is 2.82. The highest BCUT2D eigenvalue weighted by molar-refractivity contribution is 7.80. The summed E-state index contributed by atoms with van der Waals surface area (Å²) in [4.78, 5) is 2.74. The van der Waals surface area contributed by atoms with Crippen molar-refractivity contribution in [2.24, 2.45) is 5.73 Å². The van der Waals surface area contributed by atoms with Crippen molar-refractivity contribution in [3.8, 4) is 0 Å². The summed E-state index contributed by atoms with van der Waals surface area (Å²) in [7, 11) is 2.12. The van der Waals surface area contributed by atoms with Gasteiger partial charge in [-0.25, -0.2) is 0 Å². The van der Waals surface area contributed by atoms with Crippen LogP contribution < -0.4 is 5.73 Å². The lowest BCUT2D eigenvalue weighted by molar-refractivity contribution is 0.0793. The van der Waals surface area contributed by atoms with Crippen molar-refractivity contribution in [2.45, 2.75) is 25.5 Å². The third-order valence-electron chi connectivity index (χ3n) is 3.20. The maximum absolute atomic E-state index is 5.64. The molecule has 18 heavy (non-hydrogen) atoms. The normalized spacial score (nSPS) is 19.3. The SMILES string of the molecule is CN(Cc1cccc(C(N)=S)c1)CC1CCCO1. The monoisotopic (exact) mass is 264 g/mol. The summed E-state index contributed by atoms with van der Waals surface area (Å²) in [6.07, 6.45) is 2.76. The van der Waals surface area contributed by atoms with E-state index in [4.69, 9.17) is 22.7 Å². The fraction of sp³-hybridized carbons (Fsp3) is 0.500. The van der Waals surface area contributed by atoms with Crippen LogP contribution in [0.1, 0.15) is 24.0 Å². The van der Waals surface area contributed by atoms with E-state index in [0.29, 0.717) is 11.1 Å². The van der Waals surface area contributed by atoms with E-state index in [9.17, 15) is 0 Å². The summed E-state index contributed by atoms with van der Waals surface area (Å²) in [5.74, 6) is 0. The Morgan fingerprint density at radius 2 is 2.39 bits per heavy atom. The van der Waals surface area contributed by atoms with Gasteiger partial charge in [0.1, 0.15) is 4.99 Å². The summed E-state index contributed by atoms with van der Waals surface area (Å²) in [6.45, 7) is 2.79. The van der Waals surface area contributed by atoms with Crippen molar-refractivity contribution in [3.05, 3.63) is 35.4 Å². The van der Waals surface area contributed by atoms with Crippen LogP contribution in [0.25, 0.3) is 0 Å². The summed E-state index contributed by atoms with van der Waals surface area (Å²) in [6, 6.07) is 8.12. The third kappa shape index (κ3) is 3.77. The molecule has 1 aliphatic heterocycles. The van der Waals surface area contributed by atoms with E-state index in [1.807, 2.05) is 12.1 Å². The van der Waals surface area contributed by atoms with Gasteiger partial charge in [0, 0.05) is 25.3 Å². The third-order valence-corrected chi connectivity index (χ3v) is 3.44. The molecular formula is C14H20N2OS. The second-order valence-corrected chi connectivity index (χ2v) is 5.34. The highest BCUT2D eigenvalue weighted by atomic mass is 32.1. The molecule has 0 aromatic heterocycles. The molecule has 0 radical (unpaired) electrons. The molecule has 0 bridgehead atoms. The molecule has 1 heterocycles. The van der Waals surface area contributed by atoms with E-state index in [-0.39, 0.29) is 0 Å². The van der Waals surface area contributed by atoms with E-state index in [1.54, 1.807) is 0 Å². The molecule has 1 aromatic carbocycles. The Hall–Kier alpha value is -0.970. The molecular weight excluding hydrogens is 244 g/mol. The Morgan fingerprint density at radius 3 is 3.06 bits per heavy atom. The van der Waals surface area contributed by atoms with Crippen LogP contribution in [0.5, 0.6) is 0 Å².